The molecule has 138 valence electrons. The maximum atomic E-state index is 12.1. The first-order valence-corrected chi connectivity index (χ1v) is 9.24. The van der Waals surface area contributed by atoms with Crippen LogP contribution in [0.1, 0.15) is 26.5 Å². The predicted octanol–water partition coefficient (Wildman–Crippen LogP) is 4.03. The molecule has 3 aromatic rings. The lowest BCUT2D eigenvalue weighted by Crippen LogP contribution is -2.17. The van der Waals surface area contributed by atoms with E-state index in [-0.39, 0.29) is 5.91 Å². The van der Waals surface area contributed by atoms with E-state index >= 15 is 0 Å². The minimum Gasteiger partial charge on any atom is -0.489 e. The van der Waals surface area contributed by atoms with Gasteiger partial charge in [0.25, 0.3) is 5.91 Å². The van der Waals surface area contributed by atoms with Gasteiger partial charge in [0.15, 0.2) is 5.13 Å². The van der Waals surface area contributed by atoms with Gasteiger partial charge in [0.2, 0.25) is 0 Å². The molecule has 0 aliphatic rings. The van der Waals surface area contributed by atoms with Crippen molar-refractivity contribution in [2.24, 2.45) is 5.10 Å². The second kappa shape index (κ2) is 8.66. The molecule has 0 unspecified atom stereocenters. The summed E-state index contributed by atoms with van der Waals surface area (Å²) in [6.07, 6.45) is 1.55. The molecule has 3 N–H and O–H groups in total. The number of halogens is 1. The molecular weight excluding hydrogens is 384 g/mol. The Morgan fingerprint density at radius 2 is 2.11 bits per heavy atom. The molecule has 6 nitrogen and oxygen atoms in total. The lowest BCUT2D eigenvalue weighted by atomic mass is 10.2. The molecular formula is C19H17ClN4O2S. The molecule has 27 heavy (non-hydrogen) atoms. The number of aromatic nitrogens is 1. The van der Waals surface area contributed by atoms with E-state index in [1.807, 2.05) is 48.5 Å². The number of anilines is 1. The summed E-state index contributed by atoms with van der Waals surface area (Å²) in [4.78, 5) is 16.5. The Labute approximate surface area is 165 Å². The largest absolute Gasteiger partial charge is 0.489 e. The summed E-state index contributed by atoms with van der Waals surface area (Å²) in [7, 11) is 0. The van der Waals surface area contributed by atoms with Crippen LogP contribution in [0.25, 0.3) is 0 Å². The summed E-state index contributed by atoms with van der Waals surface area (Å²) in [6.45, 7) is 2.16. The lowest BCUT2D eigenvalue weighted by Gasteiger charge is -2.07. The van der Waals surface area contributed by atoms with Gasteiger partial charge in [-0.15, -0.1) is 0 Å². The molecule has 0 saturated carbocycles. The van der Waals surface area contributed by atoms with Crippen molar-refractivity contribution in [3.05, 3.63) is 75.3 Å². The number of nitrogens with zero attached hydrogens (tertiary/aromatic N) is 2. The number of hydrogen-bond donors (Lipinski definition) is 2. The minimum absolute atomic E-state index is 0.340. The van der Waals surface area contributed by atoms with Crippen LogP contribution in [0.4, 0.5) is 5.13 Å². The number of ether oxygens (including phenoxy) is 1. The van der Waals surface area contributed by atoms with Crippen molar-refractivity contribution in [1.29, 1.82) is 0 Å². The first-order valence-electron chi connectivity index (χ1n) is 8.05. The number of hydrogen-bond acceptors (Lipinski definition) is 6. The van der Waals surface area contributed by atoms with Crippen LogP contribution >= 0.6 is 22.9 Å². The van der Waals surface area contributed by atoms with E-state index in [1.54, 1.807) is 13.1 Å². The smallest absolute Gasteiger partial charge is 0.283 e. The molecule has 8 heteroatoms. The summed E-state index contributed by atoms with van der Waals surface area (Å²) < 4.78 is 5.78. The number of benzene rings is 2. The zero-order valence-corrected chi connectivity index (χ0v) is 16.1. The fraction of sp³-hybridized carbons (Fsp3) is 0.105. The Balaban J connectivity index is 1.58. The number of carbonyl (C=O) groups excluding carboxylic acids is 1. The topological polar surface area (TPSA) is 89.6 Å². The van der Waals surface area contributed by atoms with Gasteiger partial charge in [-0.1, -0.05) is 47.2 Å². The van der Waals surface area contributed by atoms with Gasteiger partial charge >= 0.3 is 0 Å². The molecule has 0 fully saturated rings. The van der Waals surface area contributed by atoms with Crippen molar-refractivity contribution in [3.8, 4) is 5.75 Å². The van der Waals surface area contributed by atoms with E-state index in [9.17, 15) is 4.79 Å². The third kappa shape index (κ3) is 5.29. The zero-order chi connectivity index (χ0) is 19.2. The Kier molecular flexibility index (Phi) is 6.05. The summed E-state index contributed by atoms with van der Waals surface area (Å²) in [5.41, 5.74) is 10.5. The number of carbonyl (C=O) groups is 1. The van der Waals surface area contributed by atoms with Gasteiger partial charge < -0.3 is 10.5 Å². The van der Waals surface area contributed by atoms with Crippen molar-refractivity contribution in [2.45, 2.75) is 13.5 Å². The molecule has 3 rings (SSSR count). The van der Waals surface area contributed by atoms with Crippen LogP contribution in [0.15, 0.2) is 53.6 Å². The molecule has 0 aliphatic carbocycles. The highest BCUT2D eigenvalue weighted by Crippen LogP contribution is 2.19. The molecule has 0 radical (unpaired) electrons. The third-order valence-electron chi connectivity index (χ3n) is 3.58. The number of nitrogens with one attached hydrogen (secondary N) is 1. The third-order valence-corrected chi connectivity index (χ3v) is 4.81. The predicted molar refractivity (Wildman–Crippen MR) is 109 cm³/mol. The van der Waals surface area contributed by atoms with Gasteiger partial charge in [0.1, 0.15) is 17.2 Å². The van der Waals surface area contributed by atoms with Crippen LogP contribution in [0.5, 0.6) is 5.75 Å². The Morgan fingerprint density at radius 1 is 1.33 bits per heavy atom. The second-order valence-corrected chi connectivity index (χ2v) is 7.12. The van der Waals surface area contributed by atoms with Gasteiger partial charge in [-0.05, 0) is 42.3 Å². The summed E-state index contributed by atoms with van der Waals surface area (Å²) in [6, 6.07) is 14.9. The number of thiazole rings is 1. The van der Waals surface area contributed by atoms with Gasteiger partial charge in [-0.25, -0.2) is 10.4 Å². The average molecular weight is 401 g/mol. The van der Waals surface area contributed by atoms with E-state index in [4.69, 9.17) is 22.1 Å². The highest BCUT2D eigenvalue weighted by Gasteiger charge is 2.13. The van der Waals surface area contributed by atoms with Crippen molar-refractivity contribution in [2.75, 3.05) is 5.73 Å². The Morgan fingerprint density at radius 3 is 2.81 bits per heavy atom. The first kappa shape index (κ1) is 18.9. The summed E-state index contributed by atoms with van der Waals surface area (Å²) >= 11 is 7.00. The van der Waals surface area contributed by atoms with Gasteiger partial charge in [-0.2, -0.15) is 5.10 Å². The first-order chi connectivity index (χ1) is 13.0. The maximum Gasteiger partial charge on any atom is 0.283 e. The second-order valence-electron chi connectivity index (χ2n) is 5.65. The van der Waals surface area contributed by atoms with Gasteiger partial charge in [0, 0.05) is 5.02 Å². The van der Waals surface area contributed by atoms with Crippen molar-refractivity contribution in [3.63, 3.8) is 0 Å². The molecule has 0 aliphatic heterocycles. The Bertz CT molecular complexity index is 970. The van der Waals surface area contributed by atoms with Crippen LogP contribution in [0.3, 0.4) is 0 Å². The van der Waals surface area contributed by atoms with E-state index < -0.39 is 0 Å². The summed E-state index contributed by atoms with van der Waals surface area (Å²) in [5, 5.41) is 5.02. The molecule has 0 atom stereocenters. The molecule has 1 amide bonds. The van der Waals surface area contributed by atoms with Crippen LogP contribution in [-0.2, 0) is 6.61 Å². The minimum atomic E-state index is -0.340. The lowest BCUT2D eigenvalue weighted by molar-refractivity contribution is 0.0958. The molecule has 0 saturated heterocycles. The highest BCUT2D eigenvalue weighted by molar-refractivity contribution is 7.17. The standard InChI is InChI=1S/C19H17ClN4O2S/c1-12-17(27-19(21)23-12)18(25)24-22-10-14-3-2-4-16(9-14)26-11-13-5-7-15(20)8-6-13/h2-10H,11H2,1H3,(H2,21,23)(H,24,25). The molecule has 0 spiro atoms. The van der Waals surface area contributed by atoms with Crippen molar-refractivity contribution in [1.82, 2.24) is 10.4 Å². The number of nitrogens with two attached hydrogens (primary N) is 1. The summed E-state index contributed by atoms with van der Waals surface area (Å²) in [5.74, 6) is 0.361. The van der Waals surface area contributed by atoms with Gasteiger partial charge in [0.05, 0.1) is 11.9 Å². The van der Waals surface area contributed by atoms with Gasteiger partial charge in [-0.3, -0.25) is 4.79 Å². The van der Waals surface area contributed by atoms with E-state index in [1.165, 1.54) is 0 Å². The van der Waals surface area contributed by atoms with Crippen molar-refractivity contribution < 1.29 is 9.53 Å². The number of rotatable bonds is 6. The van der Waals surface area contributed by atoms with Crippen molar-refractivity contribution >= 4 is 40.2 Å². The van der Waals surface area contributed by atoms with Crippen LogP contribution in [0.2, 0.25) is 5.02 Å². The molecule has 0 bridgehead atoms. The molecule has 1 heterocycles. The van der Waals surface area contributed by atoms with Crippen LogP contribution < -0.4 is 15.9 Å². The van der Waals surface area contributed by atoms with E-state index in [2.05, 4.69) is 15.5 Å². The fourth-order valence-corrected chi connectivity index (χ4v) is 3.13. The van der Waals surface area contributed by atoms with E-state index in [0.29, 0.717) is 33.1 Å². The zero-order valence-electron chi connectivity index (χ0n) is 14.5. The average Bonchev–Trinajstić information content (AvgIpc) is 3.00. The number of hydrazone groups is 1. The quantitative estimate of drug-likeness (QED) is 0.483. The molecule has 2 aromatic carbocycles. The molecule has 1 aromatic heterocycles. The maximum absolute atomic E-state index is 12.1. The normalized spacial score (nSPS) is 10.9. The number of nitrogen functional groups attached to an aromatic ring is 1. The monoisotopic (exact) mass is 400 g/mol. The highest BCUT2D eigenvalue weighted by atomic mass is 35.5. The van der Waals surface area contributed by atoms with Crippen LogP contribution in [0, 0.1) is 6.92 Å². The Hall–Kier alpha value is -2.90. The fourth-order valence-electron chi connectivity index (χ4n) is 2.28. The van der Waals surface area contributed by atoms with Crippen LogP contribution in [-0.4, -0.2) is 17.1 Å². The SMILES string of the molecule is Cc1nc(N)sc1C(=O)NN=Cc1cccc(OCc2ccc(Cl)cc2)c1. The number of aryl methyl sites for hydroxylation is 1. The van der Waals surface area contributed by atoms with E-state index in [0.717, 1.165) is 22.5 Å². The number of amides is 1.